The van der Waals surface area contributed by atoms with E-state index in [4.69, 9.17) is 14.2 Å². The highest BCUT2D eigenvalue weighted by atomic mass is 16.6. The predicted octanol–water partition coefficient (Wildman–Crippen LogP) is 17.8. The number of carbonyl (C=O) groups is 3. The van der Waals surface area contributed by atoms with E-state index in [9.17, 15) is 14.4 Å². The van der Waals surface area contributed by atoms with Gasteiger partial charge in [-0.3, -0.25) is 14.4 Å². The van der Waals surface area contributed by atoms with Gasteiger partial charge in [0.25, 0.3) is 0 Å². The summed E-state index contributed by atoms with van der Waals surface area (Å²) in [4.78, 5) is 38.0. The lowest BCUT2D eigenvalue weighted by molar-refractivity contribution is -0.167. The molecule has 0 N–H and O–H groups in total. The summed E-state index contributed by atoms with van der Waals surface area (Å²) in [6.45, 7) is 6.45. The standard InChI is InChI=1S/C58H100O6/c1-4-7-10-13-16-19-22-25-27-29-31-33-36-39-42-45-48-51-57(60)63-54-55(53-62-56(59)50-47-44-41-38-35-24-21-18-15-12-9-6-3)64-58(61)52-49-46-43-40-37-34-32-30-28-26-23-20-17-14-11-8-5-2/h9,12,16,18-19,21,25,27,31,33,39,42,55H,4-8,10-11,13-15,17,20,22-24,26,28-30,32,34-38,40-41,43-54H2,1-3H3/b12-9-,19-16-,21-18-,27-25-,33-31-,42-39-. The van der Waals surface area contributed by atoms with Crippen LogP contribution >= 0.6 is 0 Å². The van der Waals surface area contributed by atoms with Crippen LogP contribution in [0.3, 0.4) is 0 Å². The fourth-order valence-corrected chi connectivity index (χ4v) is 7.41. The smallest absolute Gasteiger partial charge is 0.306 e. The number of hydrogen-bond acceptors (Lipinski definition) is 6. The van der Waals surface area contributed by atoms with Gasteiger partial charge in [-0.25, -0.2) is 0 Å². The Morgan fingerprint density at radius 2 is 0.625 bits per heavy atom. The minimum Gasteiger partial charge on any atom is -0.462 e. The molecule has 0 aliphatic rings. The molecule has 0 rings (SSSR count). The van der Waals surface area contributed by atoms with Crippen LogP contribution in [0.25, 0.3) is 0 Å². The van der Waals surface area contributed by atoms with E-state index >= 15 is 0 Å². The summed E-state index contributed by atoms with van der Waals surface area (Å²) in [5.41, 5.74) is 0. The van der Waals surface area contributed by atoms with E-state index < -0.39 is 6.10 Å². The van der Waals surface area contributed by atoms with Gasteiger partial charge in [-0.1, -0.05) is 229 Å². The first-order valence-electron chi connectivity index (χ1n) is 26.9. The Kier molecular flexibility index (Phi) is 49.9. The normalized spacial score (nSPS) is 12.6. The molecule has 0 saturated heterocycles. The van der Waals surface area contributed by atoms with Crippen LogP contribution in [0.15, 0.2) is 72.9 Å². The van der Waals surface area contributed by atoms with Crippen LogP contribution in [-0.4, -0.2) is 37.2 Å². The summed E-state index contributed by atoms with van der Waals surface area (Å²) < 4.78 is 16.8. The summed E-state index contributed by atoms with van der Waals surface area (Å²) in [6.07, 6.45) is 66.1. The molecule has 0 fully saturated rings. The van der Waals surface area contributed by atoms with Crippen molar-refractivity contribution in [2.75, 3.05) is 13.2 Å². The van der Waals surface area contributed by atoms with Crippen LogP contribution in [0.1, 0.15) is 258 Å². The molecule has 0 aromatic rings. The summed E-state index contributed by atoms with van der Waals surface area (Å²) in [5.74, 6) is -0.964. The molecular formula is C58H100O6. The molecule has 1 unspecified atom stereocenters. The van der Waals surface area contributed by atoms with E-state index in [-0.39, 0.29) is 37.5 Å². The summed E-state index contributed by atoms with van der Waals surface area (Å²) in [7, 11) is 0. The van der Waals surface area contributed by atoms with E-state index in [0.717, 1.165) is 96.3 Å². The monoisotopic (exact) mass is 893 g/mol. The van der Waals surface area contributed by atoms with Gasteiger partial charge in [0.05, 0.1) is 0 Å². The zero-order valence-electron chi connectivity index (χ0n) is 42.0. The van der Waals surface area contributed by atoms with E-state index in [2.05, 4.69) is 93.7 Å². The van der Waals surface area contributed by atoms with Gasteiger partial charge in [-0.05, 0) is 83.5 Å². The maximum absolute atomic E-state index is 12.8. The van der Waals surface area contributed by atoms with E-state index in [1.54, 1.807) is 0 Å². The second-order valence-corrected chi connectivity index (χ2v) is 17.8. The Bertz CT molecular complexity index is 1210. The molecule has 0 heterocycles. The molecule has 0 radical (unpaired) electrons. The molecule has 368 valence electrons. The zero-order valence-corrected chi connectivity index (χ0v) is 42.0. The topological polar surface area (TPSA) is 78.9 Å². The van der Waals surface area contributed by atoms with Crippen molar-refractivity contribution in [2.45, 2.75) is 264 Å². The summed E-state index contributed by atoms with van der Waals surface area (Å²) in [6, 6.07) is 0. The average Bonchev–Trinajstić information content (AvgIpc) is 3.29. The van der Waals surface area contributed by atoms with Gasteiger partial charge >= 0.3 is 17.9 Å². The van der Waals surface area contributed by atoms with Crippen LogP contribution in [0.2, 0.25) is 0 Å². The fourth-order valence-electron chi connectivity index (χ4n) is 7.41. The van der Waals surface area contributed by atoms with Crippen molar-refractivity contribution >= 4 is 17.9 Å². The molecule has 0 aliphatic carbocycles. The van der Waals surface area contributed by atoms with Gasteiger partial charge in [-0.2, -0.15) is 0 Å². The number of hydrogen-bond donors (Lipinski definition) is 0. The van der Waals surface area contributed by atoms with Crippen molar-refractivity contribution in [1.82, 2.24) is 0 Å². The van der Waals surface area contributed by atoms with E-state index in [1.807, 2.05) is 0 Å². The second-order valence-electron chi connectivity index (χ2n) is 17.8. The Morgan fingerprint density at radius 3 is 1.05 bits per heavy atom. The number of ether oxygens (including phenoxy) is 3. The lowest BCUT2D eigenvalue weighted by Gasteiger charge is -2.18. The second kappa shape index (κ2) is 52.5. The van der Waals surface area contributed by atoms with Gasteiger partial charge in [0.2, 0.25) is 0 Å². The number of unbranched alkanes of at least 4 members (excludes halogenated alkanes) is 25. The van der Waals surface area contributed by atoms with Crippen molar-refractivity contribution < 1.29 is 28.6 Å². The fraction of sp³-hybridized carbons (Fsp3) is 0.741. The Labute approximate surface area is 395 Å². The number of rotatable bonds is 48. The molecule has 0 aromatic heterocycles. The first kappa shape index (κ1) is 60.9. The summed E-state index contributed by atoms with van der Waals surface area (Å²) in [5, 5.41) is 0. The van der Waals surface area contributed by atoms with Gasteiger partial charge in [-0.15, -0.1) is 0 Å². The van der Waals surface area contributed by atoms with Crippen molar-refractivity contribution in [3.05, 3.63) is 72.9 Å². The van der Waals surface area contributed by atoms with Crippen LogP contribution in [0, 0.1) is 0 Å². The zero-order chi connectivity index (χ0) is 46.5. The number of carbonyl (C=O) groups excluding carboxylic acids is 3. The molecule has 1 atom stereocenters. The molecule has 0 saturated carbocycles. The minimum atomic E-state index is -0.801. The first-order chi connectivity index (χ1) is 31.5. The van der Waals surface area contributed by atoms with Gasteiger partial charge in [0.15, 0.2) is 6.10 Å². The lowest BCUT2D eigenvalue weighted by atomic mass is 10.0. The maximum Gasteiger partial charge on any atom is 0.306 e. The summed E-state index contributed by atoms with van der Waals surface area (Å²) >= 11 is 0. The highest BCUT2D eigenvalue weighted by molar-refractivity contribution is 5.71. The largest absolute Gasteiger partial charge is 0.462 e. The van der Waals surface area contributed by atoms with Gasteiger partial charge in [0.1, 0.15) is 13.2 Å². The van der Waals surface area contributed by atoms with Crippen LogP contribution in [0.5, 0.6) is 0 Å². The van der Waals surface area contributed by atoms with Crippen molar-refractivity contribution in [1.29, 1.82) is 0 Å². The third-order valence-corrected chi connectivity index (χ3v) is 11.4. The average molecular weight is 893 g/mol. The lowest BCUT2D eigenvalue weighted by Crippen LogP contribution is -2.30. The van der Waals surface area contributed by atoms with Crippen LogP contribution in [-0.2, 0) is 28.6 Å². The highest BCUT2D eigenvalue weighted by Crippen LogP contribution is 2.15. The molecule has 0 amide bonds. The van der Waals surface area contributed by atoms with E-state index in [0.29, 0.717) is 19.3 Å². The van der Waals surface area contributed by atoms with Crippen LogP contribution < -0.4 is 0 Å². The molecule has 0 bridgehead atoms. The molecule has 0 aliphatic heterocycles. The van der Waals surface area contributed by atoms with Crippen molar-refractivity contribution in [2.24, 2.45) is 0 Å². The predicted molar refractivity (Wildman–Crippen MR) is 274 cm³/mol. The quantitative estimate of drug-likeness (QED) is 0.0262. The Hall–Kier alpha value is -3.15. The third-order valence-electron chi connectivity index (χ3n) is 11.4. The molecule has 6 nitrogen and oxygen atoms in total. The van der Waals surface area contributed by atoms with Gasteiger partial charge in [0, 0.05) is 19.3 Å². The van der Waals surface area contributed by atoms with E-state index in [1.165, 1.54) is 116 Å². The Morgan fingerprint density at radius 1 is 0.328 bits per heavy atom. The van der Waals surface area contributed by atoms with Gasteiger partial charge < -0.3 is 14.2 Å². The molecule has 0 aromatic carbocycles. The maximum atomic E-state index is 12.8. The van der Waals surface area contributed by atoms with Crippen LogP contribution in [0.4, 0.5) is 0 Å². The number of esters is 3. The molecular weight excluding hydrogens is 793 g/mol. The molecule has 6 heteroatoms. The van der Waals surface area contributed by atoms with Crippen molar-refractivity contribution in [3.8, 4) is 0 Å². The molecule has 64 heavy (non-hydrogen) atoms. The highest BCUT2D eigenvalue weighted by Gasteiger charge is 2.19. The molecule has 0 spiro atoms. The Balaban J connectivity index is 4.45. The first-order valence-corrected chi connectivity index (χ1v) is 26.9. The SMILES string of the molecule is CC/C=C\C/C=C\CCCCCCCC(=O)OCC(COC(=O)CCC/C=C\C/C=C\C/C=C\C/C=C\CCCCC)OC(=O)CCCCCCCCCCCCCCCCCCC. The minimum absolute atomic E-state index is 0.0983. The van der Waals surface area contributed by atoms with Crippen molar-refractivity contribution in [3.63, 3.8) is 0 Å². The third kappa shape index (κ3) is 49.9. The number of allylic oxidation sites excluding steroid dienone is 12.